The van der Waals surface area contributed by atoms with Crippen molar-refractivity contribution in [2.75, 3.05) is 31.7 Å². The molecule has 0 radical (unpaired) electrons. The zero-order chi connectivity index (χ0) is 16.1. The number of hydrogen-bond donors (Lipinski definition) is 1. The molecule has 0 bridgehead atoms. The summed E-state index contributed by atoms with van der Waals surface area (Å²) in [6, 6.07) is 5.20. The molecule has 2 aromatic rings. The van der Waals surface area contributed by atoms with Crippen molar-refractivity contribution in [1.29, 1.82) is 0 Å². The first kappa shape index (κ1) is 16.0. The molecule has 0 spiro atoms. The summed E-state index contributed by atoms with van der Waals surface area (Å²) in [5.74, 6) is -0.203. The number of nitrogens with one attached hydrogen (secondary N) is 1. The van der Waals surface area contributed by atoms with Gasteiger partial charge in [0.05, 0.1) is 25.1 Å². The number of halogens is 1. The van der Waals surface area contributed by atoms with Crippen molar-refractivity contribution in [1.82, 2.24) is 9.88 Å². The Hall–Kier alpha value is -1.83. The van der Waals surface area contributed by atoms with Gasteiger partial charge in [-0.25, -0.2) is 9.37 Å². The van der Waals surface area contributed by atoms with Gasteiger partial charge in [-0.15, -0.1) is 11.3 Å². The van der Waals surface area contributed by atoms with Crippen LogP contribution in [0.1, 0.15) is 16.8 Å². The third kappa shape index (κ3) is 4.57. The van der Waals surface area contributed by atoms with Crippen LogP contribution in [0.5, 0.6) is 0 Å². The number of hydrazone groups is 1. The minimum atomic E-state index is -0.203. The summed E-state index contributed by atoms with van der Waals surface area (Å²) in [6.07, 6.45) is 1.60. The molecule has 1 aromatic carbocycles. The van der Waals surface area contributed by atoms with Crippen LogP contribution in [0.3, 0.4) is 0 Å². The summed E-state index contributed by atoms with van der Waals surface area (Å²) in [6.45, 7) is 5.67. The quantitative estimate of drug-likeness (QED) is 0.675. The highest BCUT2D eigenvalue weighted by Crippen LogP contribution is 2.15. The number of benzene rings is 1. The fraction of sp³-hybridized carbons (Fsp3) is 0.375. The van der Waals surface area contributed by atoms with Gasteiger partial charge in [0.2, 0.25) is 5.13 Å². The molecule has 1 saturated heterocycles. The molecule has 0 amide bonds. The van der Waals surface area contributed by atoms with Crippen molar-refractivity contribution < 1.29 is 9.13 Å². The first-order chi connectivity index (χ1) is 11.2. The van der Waals surface area contributed by atoms with E-state index in [1.54, 1.807) is 6.21 Å². The van der Waals surface area contributed by atoms with Crippen LogP contribution in [-0.2, 0) is 11.3 Å². The van der Waals surface area contributed by atoms with E-state index in [9.17, 15) is 4.39 Å². The Morgan fingerprint density at radius 3 is 2.96 bits per heavy atom. The second-order valence-electron chi connectivity index (χ2n) is 5.40. The van der Waals surface area contributed by atoms with E-state index in [0.717, 1.165) is 23.9 Å². The topological polar surface area (TPSA) is 49.8 Å². The van der Waals surface area contributed by atoms with Crippen LogP contribution in [0.15, 0.2) is 28.7 Å². The summed E-state index contributed by atoms with van der Waals surface area (Å²) in [7, 11) is 0. The van der Waals surface area contributed by atoms with Gasteiger partial charge in [-0.3, -0.25) is 10.3 Å². The Bertz CT molecular complexity index is 682. The van der Waals surface area contributed by atoms with Crippen molar-refractivity contribution in [2.24, 2.45) is 5.10 Å². The van der Waals surface area contributed by atoms with Gasteiger partial charge < -0.3 is 4.74 Å². The van der Waals surface area contributed by atoms with Gasteiger partial charge in [0, 0.05) is 30.6 Å². The zero-order valence-corrected chi connectivity index (χ0v) is 13.8. The molecular formula is C16H19FN4OS. The maximum atomic E-state index is 14.2. The number of thiazole rings is 1. The maximum absolute atomic E-state index is 14.2. The lowest BCUT2D eigenvalue weighted by atomic mass is 10.1. The van der Waals surface area contributed by atoms with Crippen LogP contribution in [0.4, 0.5) is 9.52 Å². The standard InChI is InChI=1S/C16H19FN4OS/c1-12-11-23-16(19-12)20-18-9-13-2-3-14(15(17)8-13)10-21-4-6-22-7-5-21/h2-3,8-9,11H,4-7,10H2,1H3,(H,19,20). The highest BCUT2D eigenvalue weighted by molar-refractivity contribution is 7.13. The Balaban J connectivity index is 1.59. The predicted molar refractivity (Wildman–Crippen MR) is 90.6 cm³/mol. The van der Waals surface area contributed by atoms with Crippen LogP contribution < -0.4 is 5.43 Å². The molecule has 0 saturated carbocycles. The number of ether oxygens (including phenoxy) is 1. The zero-order valence-electron chi connectivity index (χ0n) is 13.0. The van der Waals surface area contributed by atoms with E-state index >= 15 is 0 Å². The van der Waals surface area contributed by atoms with E-state index in [4.69, 9.17) is 4.74 Å². The third-order valence-corrected chi connectivity index (χ3v) is 4.43. The molecule has 7 heteroatoms. The molecule has 0 aliphatic carbocycles. The van der Waals surface area contributed by atoms with Gasteiger partial charge in [0.1, 0.15) is 5.82 Å². The smallest absolute Gasteiger partial charge is 0.203 e. The molecule has 1 aliphatic rings. The largest absolute Gasteiger partial charge is 0.379 e. The number of anilines is 1. The molecule has 1 fully saturated rings. The molecule has 2 heterocycles. The number of hydrogen-bond acceptors (Lipinski definition) is 6. The number of rotatable bonds is 5. The van der Waals surface area contributed by atoms with Crippen molar-refractivity contribution >= 4 is 22.7 Å². The molecular weight excluding hydrogens is 315 g/mol. The minimum Gasteiger partial charge on any atom is -0.379 e. The van der Waals surface area contributed by atoms with Crippen LogP contribution in [-0.4, -0.2) is 42.4 Å². The van der Waals surface area contributed by atoms with Crippen LogP contribution in [0.25, 0.3) is 0 Å². The Kier molecular flexibility index (Phi) is 5.32. The van der Waals surface area contributed by atoms with E-state index in [0.29, 0.717) is 30.9 Å². The summed E-state index contributed by atoms with van der Waals surface area (Å²) < 4.78 is 19.5. The molecule has 0 unspecified atom stereocenters. The van der Waals surface area contributed by atoms with Gasteiger partial charge in [-0.1, -0.05) is 12.1 Å². The first-order valence-corrected chi connectivity index (χ1v) is 8.38. The Morgan fingerprint density at radius 2 is 2.26 bits per heavy atom. The van der Waals surface area contributed by atoms with Gasteiger partial charge in [-0.2, -0.15) is 5.10 Å². The second-order valence-corrected chi connectivity index (χ2v) is 6.26. The third-order valence-electron chi connectivity index (χ3n) is 3.57. The first-order valence-electron chi connectivity index (χ1n) is 7.50. The van der Waals surface area contributed by atoms with Gasteiger partial charge in [-0.05, 0) is 18.6 Å². The summed E-state index contributed by atoms with van der Waals surface area (Å²) >= 11 is 1.48. The molecule has 1 aliphatic heterocycles. The average molecular weight is 334 g/mol. The number of morpholine rings is 1. The lowest BCUT2D eigenvalue weighted by Gasteiger charge is -2.26. The van der Waals surface area contributed by atoms with Crippen molar-refractivity contribution in [3.05, 3.63) is 46.2 Å². The fourth-order valence-corrected chi connectivity index (χ4v) is 2.98. The minimum absolute atomic E-state index is 0.203. The molecule has 1 N–H and O–H groups in total. The monoisotopic (exact) mass is 334 g/mol. The Labute approximate surface area is 138 Å². The van der Waals surface area contributed by atoms with Crippen LogP contribution >= 0.6 is 11.3 Å². The maximum Gasteiger partial charge on any atom is 0.203 e. The molecule has 23 heavy (non-hydrogen) atoms. The molecule has 3 rings (SSSR count). The van der Waals surface area contributed by atoms with E-state index in [1.165, 1.54) is 17.4 Å². The van der Waals surface area contributed by atoms with Crippen molar-refractivity contribution in [3.8, 4) is 0 Å². The fourth-order valence-electron chi connectivity index (χ4n) is 2.34. The molecule has 1 aromatic heterocycles. The lowest BCUT2D eigenvalue weighted by molar-refractivity contribution is 0.0337. The van der Waals surface area contributed by atoms with Gasteiger partial charge in [0.25, 0.3) is 0 Å². The van der Waals surface area contributed by atoms with Gasteiger partial charge in [0.15, 0.2) is 0 Å². The predicted octanol–water partition coefficient (Wildman–Crippen LogP) is 2.87. The van der Waals surface area contributed by atoms with E-state index in [-0.39, 0.29) is 5.82 Å². The normalized spacial score (nSPS) is 16.1. The van der Waals surface area contributed by atoms with E-state index in [2.05, 4.69) is 20.4 Å². The lowest BCUT2D eigenvalue weighted by Crippen LogP contribution is -2.35. The van der Waals surface area contributed by atoms with Crippen LogP contribution in [0.2, 0.25) is 0 Å². The van der Waals surface area contributed by atoms with E-state index in [1.807, 2.05) is 24.4 Å². The molecule has 0 atom stereocenters. The number of nitrogens with zero attached hydrogens (tertiary/aromatic N) is 3. The summed E-state index contributed by atoms with van der Waals surface area (Å²) in [5, 5.41) is 6.76. The average Bonchev–Trinajstić information content (AvgIpc) is 2.96. The number of aryl methyl sites for hydroxylation is 1. The molecule has 122 valence electrons. The van der Waals surface area contributed by atoms with Gasteiger partial charge >= 0.3 is 0 Å². The Morgan fingerprint density at radius 1 is 1.43 bits per heavy atom. The summed E-state index contributed by atoms with van der Waals surface area (Å²) in [5.41, 5.74) is 5.21. The van der Waals surface area contributed by atoms with Crippen molar-refractivity contribution in [3.63, 3.8) is 0 Å². The highest BCUT2D eigenvalue weighted by Gasteiger charge is 2.13. The SMILES string of the molecule is Cc1csc(NN=Cc2ccc(CN3CCOCC3)c(F)c2)n1. The van der Waals surface area contributed by atoms with E-state index < -0.39 is 0 Å². The highest BCUT2D eigenvalue weighted by atomic mass is 32.1. The summed E-state index contributed by atoms with van der Waals surface area (Å²) in [4.78, 5) is 6.44. The second kappa shape index (κ2) is 7.63. The molecule has 5 nitrogen and oxygen atoms in total. The van der Waals surface area contributed by atoms with Crippen molar-refractivity contribution in [2.45, 2.75) is 13.5 Å². The van der Waals surface area contributed by atoms with Crippen LogP contribution in [0, 0.1) is 12.7 Å². The number of aromatic nitrogens is 1.